The highest BCUT2D eigenvalue weighted by molar-refractivity contribution is 6.03. The Morgan fingerprint density at radius 3 is 2.63 bits per heavy atom. The van der Waals surface area contributed by atoms with Gasteiger partial charge in [-0.05, 0) is 22.4 Å². The van der Waals surface area contributed by atoms with Crippen LogP contribution in [0.15, 0.2) is 36.4 Å². The van der Waals surface area contributed by atoms with Gasteiger partial charge in [0.2, 0.25) is 0 Å². The summed E-state index contributed by atoms with van der Waals surface area (Å²) >= 11 is 0. The third-order valence-corrected chi connectivity index (χ3v) is 3.43. The molecule has 0 unspecified atom stereocenters. The highest BCUT2D eigenvalue weighted by atomic mass is 16.5. The molecular formula is C15H13NO3. The topological polar surface area (TPSA) is 55.4 Å². The number of carbonyl (C=O) groups is 2. The van der Waals surface area contributed by atoms with E-state index in [1.165, 1.54) is 7.11 Å². The van der Waals surface area contributed by atoms with Gasteiger partial charge >= 0.3 is 5.97 Å². The minimum absolute atomic E-state index is 0.220. The van der Waals surface area contributed by atoms with Crippen LogP contribution in [0.25, 0.3) is 10.8 Å². The Balaban J connectivity index is 2.09. The van der Waals surface area contributed by atoms with E-state index in [4.69, 9.17) is 0 Å². The fourth-order valence-corrected chi connectivity index (χ4v) is 2.46. The van der Waals surface area contributed by atoms with Crippen molar-refractivity contribution in [1.29, 1.82) is 0 Å². The van der Waals surface area contributed by atoms with Crippen LogP contribution in [0.5, 0.6) is 0 Å². The van der Waals surface area contributed by atoms with Crippen LogP contribution in [0, 0.1) is 0 Å². The molecular weight excluding hydrogens is 242 g/mol. The maximum absolute atomic E-state index is 12.0. The van der Waals surface area contributed by atoms with Crippen LogP contribution in [-0.2, 0) is 16.0 Å². The first-order valence-electron chi connectivity index (χ1n) is 6.09. The van der Waals surface area contributed by atoms with Gasteiger partial charge in [-0.15, -0.1) is 0 Å². The SMILES string of the molecule is COC(=O)[C@H]1Cc2cc3ccccc3cc2C(=O)N1. The molecule has 1 atom stereocenters. The highest BCUT2D eigenvalue weighted by Gasteiger charge is 2.29. The number of esters is 1. The van der Waals surface area contributed by atoms with E-state index in [0.717, 1.165) is 16.3 Å². The number of rotatable bonds is 1. The third-order valence-electron chi connectivity index (χ3n) is 3.43. The summed E-state index contributed by atoms with van der Waals surface area (Å²) in [6.07, 6.45) is 0.471. The van der Waals surface area contributed by atoms with Crippen molar-refractivity contribution >= 4 is 22.6 Å². The van der Waals surface area contributed by atoms with Gasteiger partial charge in [0, 0.05) is 12.0 Å². The molecule has 4 nitrogen and oxygen atoms in total. The van der Waals surface area contributed by atoms with Crippen molar-refractivity contribution in [1.82, 2.24) is 5.32 Å². The number of fused-ring (bicyclic) bond motifs is 2. The first-order valence-corrected chi connectivity index (χ1v) is 6.09. The van der Waals surface area contributed by atoms with Crippen molar-refractivity contribution in [2.24, 2.45) is 0 Å². The molecule has 3 rings (SSSR count). The molecule has 96 valence electrons. The molecule has 0 radical (unpaired) electrons. The van der Waals surface area contributed by atoms with Gasteiger partial charge < -0.3 is 10.1 Å². The van der Waals surface area contributed by atoms with Crippen LogP contribution >= 0.6 is 0 Å². The van der Waals surface area contributed by atoms with Crippen LogP contribution in [0.4, 0.5) is 0 Å². The molecule has 0 aliphatic carbocycles. The van der Waals surface area contributed by atoms with Crippen LogP contribution in [0.3, 0.4) is 0 Å². The molecule has 0 spiro atoms. The molecule has 1 N–H and O–H groups in total. The predicted molar refractivity (Wildman–Crippen MR) is 70.9 cm³/mol. The molecule has 1 aliphatic heterocycles. The number of nitrogens with one attached hydrogen (secondary N) is 1. The molecule has 0 saturated heterocycles. The van der Waals surface area contributed by atoms with Crippen LogP contribution < -0.4 is 5.32 Å². The number of carbonyl (C=O) groups excluding carboxylic acids is 2. The van der Waals surface area contributed by atoms with Gasteiger partial charge in [0.1, 0.15) is 6.04 Å². The fraction of sp³-hybridized carbons (Fsp3) is 0.200. The van der Waals surface area contributed by atoms with Crippen molar-refractivity contribution in [2.75, 3.05) is 7.11 Å². The number of hydrogen-bond acceptors (Lipinski definition) is 3. The zero-order valence-corrected chi connectivity index (χ0v) is 10.5. The average Bonchev–Trinajstić information content (AvgIpc) is 2.44. The van der Waals surface area contributed by atoms with Gasteiger partial charge in [-0.3, -0.25) is 4.79 Å². The Labute approximate surface area is 110 Å². The quantitative estimate of drug-likeness (QED) is 0.788. The maximum atomic E-state index is 12.0. The molecule has 1 aliphatic rings. The van der Waals surface area contributed by atoms with E-state index in [-0.39, 0.29) is 5.91 Å². The van der Waals surface area contributed by atoms with E-state index in [9.17, 15) is 9.59 Å². The Kier molecular flexibility index (Phi) is 2.71. The Bertz CT molecular complexity index is 678. The lowest BCUT2D eigenvalue weighted by Crippen LogP contribution is -2.46. The van der Waals surface area contributed by atoms with Gasteiger partial charge in [0.25, 0.3) is 5.91 Å². The molecule has 1 amide bonds. The van der Waals surface area contributed by atoms with Crippen LogP contribution in [0.2, 0.25) is 0 Å². The summed E-state index contributed by atoms with van der Waals surface area (Å²) in [4.78, 5) is 23.6. The predicted octanol–water partition coefficient (Wildman–Crippen LogP) is 1.67. The lowest BCUT2D eigenvalue weighted by molar-refractivity contribution is -0.142. The second-order valence-electron chi connectivity index (χ2n) is 4.61. The minimum atomic E-state index is -0.592. The van der Waals surface area contributed by atoms with Gasteiger partial charge in [-0.2, -0.15) is 0 Å². The summed E-state index contributed by atoms with van der Waals surface area (Å²) in [6.45, 7) is 0. The smallest absolute Gasteiger partial charge is 0.328 e. The van der Waals surface area contributed by atoms with E-state index in [0.29, 0.717) is 12.0 Å². The fourth-order valence-electron chi connectivity index (χ4n) is 2.46. The molecule has 0 saturated carbocycles. The highest BCUT2D eigenvalue weighted by Crippen LogP contribution is 2.24. The largest absolute Gasteiger partial charge is 0.467 e. The standard InChI is InChI=1S/C15H13NO3/c1-19-15(18)13-8-11-6-9-4-2-3-5-10(9)7-12(11)14(17)16-13/h2-7,13H,8H2,1H3,(H,16,17)/t13-/m1/s1. The summed E-state index contributed by atoms with van der Waals surface area (Å²) in [7, 11) is 1.32. The summed E-state index contributed by atoms with van der Waals surface area (Å²) < 4.78 is 4.69. The van der Waals surface area contributed by atoms with Crippen molar-refractivity contribution in [3.63, 3.8) is 0 Å². The van der Waals surface area contributed by atoms with Gasteiger partial charge in [0.15, 0.2) is 0 Å². The minimum Gasteiger partial charge on any atom is -0.467 e. The first kappa shape index (κ1) is 11.7. The maximum Gasteiger partial charge on any atom is 0.328 e. The first-order chi connectivity index (χ1) is 9.19. The summed E-state index contributed by atoms with van der Waals surface area (Å²) in [5, 5.41) is 4.76. The molecule has 0 bridgehead atoms. The third kappa shape index (κ3) is 1.95. The molecule has 19 heavy (non-hydrogen) atoms. The van der Waals surface area contributed by atoms with Crippen LogP contribution in [0.1, 0.15) is 15.9 Å². The van der Waals surface area contributed by atoms with Crippen molar-refractivity contribution < 1.29 is 14.3 Å². The van der Waals surface area contributed by atoms with Crippen molar-refractivity contribution in [3.05, 3.63) is 47.5 Å². The number of amides is 1. The molecule has 0 aromatic heterocycles. The molecule has 1 heterocycles. The van der Waals surface area contributed by atoms with Crippen molar-refractivity contribution in [2.45, 2.75) is 12.5 Å². The zero-order valence-electron chi connectivity index (χ0n) is 10.5. The molecule has 2 aromatic carbocycles. The van der Waals surface area contributed by atoms with Gasteiger partial charge in [-0.1, -0.05) is 30.3 Å². The molecule has 4 heteroatoms. The zero-order chi connectivity index (χ0) is 13.4. The average molecular weight is 255 g/mol. The second kappa shape index (κ2) is 4.39. The van der Waals surface area contributed by atoms with E-state index in [1.807, 2.05) is 36.4 Å². The van der Waals surface area contributed by atoms with Crippen molar-refractivity contribution in [3.8, 4) is 0 Å². The van der Waals surface area contributed by atoms with Crippen LogP contribution in [-0.4, -0.2) is 25.0 Å². The van der Waals surface area contributed by atoms with Gasteiger partial charge in [0.05, 0.1) is 7.11 Å². The second-order valence-corrected chi connectivity index (χ2v) is 4.61. The lowest BCUT2D eigenvalue weighted by Gasteiger charge is -2.24. The number of benzene rings is 2. The molecule has 2 aromatic rings. The van der Waals surface area contributed by atoms with E-state index in [2.05, 4.69) is 10.1 Å². The Hall–Kier alpha value is -2.36. The summed E-state index contributed by atoms with van der Waals surface area (Å²) in [6, 6.07) is 11.1. The monoisotopic (exact) mass is 255 g/mol. The number of hydrogen-bond donors (Lipinski definition) is 1. The van der Waals surface area contributed by atoms with E-state index >= 15 is 0 Å². The number of methoxy groups -OCH3 is 1. The summed E-state index contributed by atoms with van der Waals surface area (Å²) in [5.74, 6) is -0.630. The van der Waals surface area contributed by atoms with E-state index < -0.39 is 12.0 Å². The lowest BCUT2D eigenvalue weighted by atomic mass is 9.92. The Morgan fingerprint density at radius 2 is 1.95 bits per heavy atom. The number of ether oxygens (including phenoxy) is 1. The summed E-state index contributed by atoms with van der Waals surface area (Å²) in [5.41, 5.74) is 1.52. The normalized spacial score (nSPS) is 17.7. The Morgan fingerprint density at radius 1 is 1.26 bits per heavy atom. The molecule has 0 fully saturated rings. The van der Waals surface area contributed by atoms with Gasteiger partial charge in [-0.25, -0.2) is 4.79 Å². The van der Waals surface area contributed by atoms with E-state index in [1.54, 1.807) is 0 Å².